The van der Waals surface area contributed by atoms with Crippen LogP contribution in [0.2, 0.25) is 0 Å². The number of hydrogen-bond acceptors (Lipinski definition) is 6. The summed E-state index contributed by atoms with van der Waals surface area (Å²) in [6, 6.07) is 1.79. The van der Waals surface area contributed by atoms with Crippen molar-refractivity contribution >= 4 is 27.4 Å². The van der Waals surface area contributed by atoms with Crippen LogP contribution in [-0.4, -0.2) is 19.4 Å². The van der Waals surface area contributed by atoms with Crippen molar-refractivity contribution in [2.75, 3.05) is 5.43 Å². The number of fused-ring (bicyclic) bond motifs is 1. The van der Waals surface area contributed by atoms with Gasteiger partial charge in [-0.15, -0.1) is 0 Å². The van der Waals surface area contributed by atoms with Crippen LogP contribution in [-0.2, 0) is 0 Å². The fraction of sp³-hybridized carbons (Fsp3) is 0. The molecule has 0 aliphatic carbocycles. The van der Waals surface area contributed by atoms with Crippen LogP contribution in [0, 0.1) is 0 Å². The number of halogens is 1. The Labute approximate surface area is 116 Å². The Kier molecular flexibility index (Phi) is 3.02. The topological polar surface area (TPSA) is 90.4 Å². The number of imidazole rings is 1. The van der Waals surface area contributed by atoms with E-state index < -0.39 is 0 Å². The highest BCUT2D eigenvalue weighted by Gasteiger charge is 2.10. The maximum Gasteiger partial charge on any atom is 0.265 e. The Morgan fingerprint density at radius 3 is 3.05 bits per heavy atom. The maximum atomic E-state index is 5.69. The third kappa shape index (κ3) is 2.35. The molecule has 3 aromatic rings. The second kappa shape index (κ2) is 4.82. The number of nitrogens with zero attached hydrogens (tertiary/aromatic N) is 4. The highest BCUT2D eigenvalue weighted by Crippen LogP contribution is 2.25. The van der Waals surface area contributed by atoms with Gasteiger partial charge in [0.05, 0.1) is 12.4 Å². The molecule has 0 aliphatic heterocycles. The molecule has 0 radical (unpaired) electrons. The van der Waals surface area contributed by atoms with E-state index in [-0.39, 0.29) is 0 Å². The number of anilines is 1. The lowest BCUT2D eigenvalue weighted by molar-refractivity contribution is 0.463. The number of rotatable bonds is 3. The molecule has 0 saturated carbocycles. The number of nitrogen functional groups attached to an aromatic ring is 1. The zero-order chi connectivity index (χ0) is 13.2. The van der Waals surface area contributed by atoms with Gasteiger partial charge in [-0.3, -0.25) is 9.38 Å². The fourth-order valence-corrected chi connectivity index (χ4v) is 1.94. The Morgan fingerprint density at radius 1 is 1.37 bits per heavy atom. The van der Waals surface area contributed by atoms with E-state index in [1.165, 1.54) is 0 Å². The zero-order valence-electron chi connectivity index (χ0n) is 9.62. The van der Waals surface area contributed by atoms with Gasteiger partial charge < -0.3 is 10.2 Å². The van der Waals surface area contributed by atoms with E-state index >= 15 is 0 Å². The van der Waals surface area contributed by atoms with Crippen LogP contribution in [0.4, 0.5) is 5.82 Å². The minimum atomic E-state index is 0.348. The summed E-state index contributed by atoms with van der Waals surface area (Å²) in [7, 11) is 0. The van der Waals surface area contributed by atoms with Crippen molar-refractivity contribution in [3.8, 4) is 11.6 Å². The molecule has 3 N–H and O–H groups in total. The van der Waals surface area contributed by atoms with Gasteiger partial charge in [-0.2, -0.15) is 4.98 Å². The number of hydrogen-bond donors (Lipinski definition) is 2. The van der Waals surface area contributed by atoms with Gasteiger partial charge in [-0.1, -0.05) is 0 Å². The second-order valence-electron chi connectivity index (χ2n) is 3.67. The lowest BCUT2D eigenvalue weighted by Crippen LogP contribution is -2.10. The summed E-state index contributed by atoms with van der Waals surface area (Å²) in [5, 5.41) is 0. The summed E-state index contributed by atoms with van der Waals surface area (Å²) >= 11 is 3.33. The smallest absolute Gasteiger partial charge is 0.265 e. The van der Waals surface area contributed by atoms with E-state index in [1.54, 1.807) is 41.5 Å². The predicted octanol–water partition coefficient (Wildman–Crippen LogP) is 1.96. The summed E-state index contributed by atoms with van der Waals surface area (Å²) in [6.07, 6.45) is 8.42. The van der Waals surface area contributed by atoms with Gasteiger partial charge in [0.25, 0.3) is 5.88 Å². The summed E-state index contributed by atoms with van der Waals surface area (Å²) in [4.78, 5) is 12.4. The van der Waals surface area contributed by atoms with Crippen molar-refractivity contribution in [2.24, 2.45) is 5.84 Å². The molecule has 3 rings (SSSR count). The van der Waals surface area contributed by atoms with Gasteiger partial charge in [0, 0.05) is 23.1 Å². The summed E-state index contributed by atoms with van der Waals surface area (Å²) in [5.74, 6) is 6.75. The normalized spacial score (nSPS) is 10.6. The zero-order valence-corrected chi connectivity index (χ0v) is 11.2. The van der Waals surface area contributed by atoms with E-state index in [4.69, 9.17) is 10.6 Å². The highest BCUT2D eigenvalue weighted by atomic mass is 79.9. The van der Waals surface area contributed by atoms with Crippen molar-refractivity contribution < 1.29 is 4.74 Å². The third-order valence-corrected chi connectivity index (χ3v) is 2.82. The first-order chi connectivity index (χ1) is 9.26. The molecule has 0 bridgehead atoms. The largest absolute Gasteiger partial charge is 0.434 e. The SMILES string of the molecule is NNc1cn2ccnc2c(Oc2cncc(Br)c2)n1. The molecule has 0 amide bonds. The van der Waals surface area contributed by atoms with Crippen LogP contribution >= 0.6 is 15.9 Å². The molecular formula is C11H9BrN6O. The molecule has 96 valence electrons. The molecule has 0 aliphatic rings. The van der Waals surface area contributed by atoms with Crippen molar-refractivity contribution in [3.05, 3.63) is 41.5 Å². The van der Waals surface area contributed by atoms with Crippen LogP contribution in [0.5, 0.6) is 11.6 Å². The van der Waals surface area contributed by atoms with Crippen molar-refractivity contribution in [1.29, 1.82) is 0 Å². The number of ether oxygens (including phenoxy) is 1. The lowest BCUT2D eigenvalue weighted by Gasteiger charge is -2.08. The maximum absolute atomic E-state index is 5.69. The molecule has 0 saturated heterocycles. The molecule has 8 heteroatoms. The first-order valence-electron chi connectivity index (χ1n) is 5.35. The second-order valence-corrected chi connectivity index (χ2v) is 4.59. The molecule has 0 spiro atoms. The van der Waals surface area contributed by atoms with Gasteiger partial charge in [0.15, 0.2) is 5.82 Å². The summed E-state index contributed by atoms with van der Waals surface area (Å²) in [5.41, 5.74) is 3.08. The molecule has 0 atom stereocenters. The van der Waals surface area contributed by atoms with Crippen molar-refractivity contribution in [3.63, 3.8) is 0 Å². The molecule has 3 aromatic heterocycles. The third-order valence-electron chi connectivity index (χ3n) is 2.39. The summed E-state index contributed by atoms with van der Waals surface area (Å²) < 4.78 is 8.27. The number of hydrazine groups is 1. The van der Waals surface area contributed by atoms with Crippen molar-refractivity contribution in [1.82, 2.24) is 19.4 Å². The Hall–Kier alpha value is -2.19. The van der Waals surface area contributed by atoms with Crippen LogP contribution < -0.4 is 16.0 Å². The molecule has 3 heterocycles. The number of aromatic nitrogens is 4. The molecule has 0 unspecified atom stereocenters. The minimum absolute atomic E-state index is 0.348. The minimum Gasteiger partial charge on any atom is -0.434 e. The van der Waals surface area contributed by atoms with E-state index in [2.05, 4.69) is 36.3 Å². The van der Waals surface area contributed by atoms with Gasteiger partial charge in [-0.05, 0) is 22.0 Å². The van der Waals surface area contributed by atoms with Gasteiger partial charge in [0.2, 0.25) is 5.65 Å². The Bertz CT molecular complexity index is 728. The molecular weight excluding hydrogens is 312 g/mol. The molecule has 0 fully saturated rings. The lowest BCUT2D eigenvalue weighted by atomic mass is 10.5. The van der Waals surface area contributed by atoms with E-state index in [0.29, 0.717) is 23.1 Å². The van der Waals surface area contributed by atoms with Crippen LogP contribution in [0.1, 0.15) is 0 Å². The molecule has 7 nitrogen and oxygen atoms in total. The molecule has 0 aromatic carbocycles. The standard InChI is InChI=1S/C11H9BrN6O/c12-7-3-8(5-14-4-7)19-11-10-15-1-2-18(10)6-9(16-11)17-13/h1-6,17H,13H2. The average Bonchev–Trinajstić information content (AvgIpc) is 2.87. The van der Waals surface area contributed by atoms with E-state index in [1.807, 2.05) is 0 Å². The first-order valence-corrected chi connectivity index (χ1v) is 6.14. The van der Waals surface area contributed by atoms with Crippen LogP contribution in [0.25, 0.3) is 5.65 Å². The van der Waals surface area contributed by atoms with E-state index in [9.17, 15) is 0 Å². The average molecular weight is 321 g/mol. The van der Waals surface area contributed by atoms with Gasteiger partial charge >= 0.3 is 0 Å². The monoisotopic (exact) mass is 320 g/mol. The van der Waals surface area contributed by atoms with E-state index in [0.717, 1.165) is 4.47 Å². The van der Waals surface area contributed by atoms with Crippen molar-refractivity contribution in [2.45, 2.75) is 0 Å². The molecule has 19 heavy (non-hydrogen) atoms. The fourth-order valence-electron chi connectivity index (χ4n) is 1.60. The van der Waals surface area contributed by atoms with Gasteiger partial charge in [-0.25, -0.2) is 10.8 Å². The Balaban J connectivity index is 2.06. The first kappa shape index (κ1) is 11.9. The number of pyridine rings is 1. The van der Waals surface area contributed by atoms with Crippen LogP contribution in [0.15, 0.2) is 41.5 Å². The number of nitrogens with one attached hydrogen (secondary N) is 1. The quantitative estimate of drug-likeness (QED) is 0.566. The van der Waals surface area contributed by atoms with Gasteiger partial charge in [0.1, 0.15) is 5.75 Å². The summed E-state index contributed by atoms with van der Waals surface area (Å²) in [6.45, 7) is 0. The number of nitrogens with two attached hydrogens (primary N) is 1. The van der Waals surface area contributed by atoms with Crippen LogP contribution in [0.3, 0.4) is 0 Å². The highest BCUT2D eigenvalue weighted by molar-refractivity contribution is 9.10. The Morgan fingerprint density at radius 2 is 2.26 bits per heavy atom. The predicted molar refractivity (Wildman–Crippen MR) is 72.8 cm³/mol.